The molecule has 1 unspecified atom stereocenters. The summed E-state index contributed by atoms with van der Waals surface area (Å²) < 4.78 is 9.72. The number of phenolic OH excluding ortho intramolecular Hbond substituents is 1. The van der Waals surface area contributed by atoms with Gasteiger partial charge in [0, 0.05) is 6.42 Å². The van der Waals surface area contributed by atoms with E-state index < -0.39 is 6.10 Å². The van der Waals surface area contributed by atoms with Crippen LogP contribution in [0.3, 0.4) is 0 Å². The second-order valence-corrected chi connectivity index (χ2v) is 3.11. The van der Waals surface area contributed by atoms with Gasteiger partial charge >= 0.3 is 5.97 Å². The van der Waals surface area contributed by atoms with Gasteiger partial charge in [-0.2, -0.15) is 0 Å². The first-order valence-corrected chi connectivity index (χ1v) is 4.32. The Morgan fingerprint density at radius 1 is 1.36 bits per heavy atom. The molecule has 1 atom stereocenters. The average molecular weight is 194 g/mol. The van der Waals surface area contributed by atoms with E-state index in [0.717, 1.165) is 5.56 Å². The molecule has 0 saturated carbocycles. The van der Waals surface area contributed by atoms with Crippen molar-refractivity contribution in [2.45, 2.75) is 12.5 Å². The molecular formula is C10H10O4. The maximum atomic E-state index is 11.0. The molecule has 1 aromatic carbocycles. The van der Waals surface area contributed by atoms with E-state index >= 15 is 0 Å². The van der Waals surface area contributed by atoms with Crippen molar-refractivity contribution in [1.82, 2.24) is 0 Å². The smallest absolute Gasteiger partial charge is 0.337 e. The number of carbonyl (C=O) groups excluding carboxylic acids is 1. The lowest BCUT2D eigenvalue weighted by Crippen LogP contribution is -2.18. The van der Waals surface area contributed by atoms with Gasteiger partial charge in [-0.15, -0.1) is 0 Å². The van der Waals surface area contributed by atoms with Crippen LogP contribution >= 0.6 is 0 Å². The molecule has 0 bridgehead atoms. The maximum Gasteiger partial charge on any atom is 0.337 e. The Morgan fingerprint density at radius 2 is 2.07 bits per heavy atom. The summed E-state index contributed by atoms with van der Waals surface area (Å²) in [5.74, 6) is -0.109. The molecule has 74 valence electrons. The lowest BCUT2D eigenvalue weighted by atomic mass is 10.1. The molecule has 1 aliphatic rings. The number of hydrogen-bond donors (Lipinski definition) is 1. The fourth-order valence-electron chi connectivity index (χ4n) is 1.32. The molecule has 14 heavy (non-hydrogen) atoms. The summed E-state index contributed by atoms with van der Waals surface area (Å²) >= 11 is 0. The quantitative estimate of drug-likeness (QED) is 0.708. The van der Waals surface area contributed by atoms with Crippen molar-refractivity contribution >= 4 is 5.97 Å². The molecule has 2 rings (SSSR count). The molecule has 1 N–H and O–H groups in total. The number of benzene rings is 1. The largest absolute Gasteiger partial charge is 0.508 e. The molecule has 0 radical (unpaired) electrons. The maximum absolute atomic E-state index is 11.0. The standard InChI is InChI=1S/C10H10O4/c11-8-3-1-7(2-4-8)5-9-10(12)14-6-13-9/h1-4,9,11H,5-6H2. The van der Waals surface area contributed by atoms with Gasteiger partial charge in [0.05, 0.1) is 0 Å². The molecule has 1 aliphatic heterocycles. The molecular weight excluding hydrogens is 184 g/mol. The molecule has 0 amide bonds. The average Bonchev–Trinajstić information content (AvgIpc) is 2.56. The van der Waals surface area contributed by atoms with Crippen LogP contribution in [0.1, 0.15) is 5.56 Å². The predicted molar refractivity (Wildman–Crippen MR) is 47.6 cm³/mol. The third kappa shape index (κ3) is 1.85. The summed E-state index contributed by atoms with van der Waals surface area (Å²) in [4.78, 5) is 11.0. The van der Waals surface area contributed by atoms with E-state index in [1.807, 2.05) is 0 Å². The van der Waals surface area contributed by atoms with Crippen LogP contribution in [0.5, 0.6) is 5.75 Å². The highest BCUT2D eigenvalue weighted by Gasteiger charge is 2.27. The number of esters is 1. The summed E-state index contributed by atoms with van der Waals surface area (Å²) in [6, 6.07) is 6.67. The highest BCUT2D eigenvalue weighted by Crippen LogP contribution is 2.15. The minimum absolute atomic E-state index is 0.0432. The zero-order valence-corrected chi connectivity index (χ0v) is 7.47. The van der Waals surface area contributed by atoms with E-state index in [2.05, 4.69) is 4.74 Å². The van der Waals surface area contributed by atoms with Crippen LogP contribution in [0.25, 0.3) is 0 Å². The zero-order chi connectivity index (χ0) is 9.97. The molecule has 0 aromatic heterocycles. The number of hydrogen-bond acceptors (Lipinski definition) is 4. The Morgan fingerprint density at radius 3 is 2.64 bits per heavy atom. The molecule has 0 spiro atoms. The fourth-order valence-corrected chi connectivity index (χ4v) is 1.32. The van der Waals surface area contributed by atoms with E-state index in [4.69, 9.17) is 9.84 Å². The van der Waals surface area contributed by atoms with Crippen molar-refractivity contribution < 1.29 is 19.4 Å². The van der Waals surface area contributed by atoms with Gasteiger partial charge in [-0.05, 0) is 17.7 Å². The summed E-state index contributed by atoms with van der Waals surface area (Å²) in [7, 11) is 0. The van der Waals surface area contributed by atoms with Gasteiger partial charge in [-0.25, -0.2) is 4.79 Å². The first-order valence-electron chi connectivity index (χ1n) is 4.32. The van der Waals surface area contributed by atoms with Crippen LogP contribution in [-0.2, 0) is 20.7 Å². The number of carbonyl (C=O) groups is 1. The van der Waals surface area contributed by atoms with Gasteiger partial charge in [-0.1, -0.05) is 12.1 Å². The van der Waals surface area contributed by atoms with Gasteiger partial charge in [0.2, 0.25) is 0 Å². The van der Waals surface area contributed by atoms with Crippen LogP contribution < -0.4 is 0 Å². The van der Waals surface area contributed by atoms with Gasteiger partial charge in [0.15, 0.2) is 12.9 Å². The van der Waals surface area contributed by atoms with Crippen molar-refractivity contribution in [3.05, 3.63) is 29.8 Å². The predicted octanol–water partition coefficient (Wildman–Crippen LogP) is 0.834. The Kier molecular flexibility index (Phi) is 2.37. The lowest BCUT2D eigenvalue weighted by molar-refractivity contribution is -0.139. The monoisotopic (exact) mass is 194 g/mol. The summed E-state index contributed by atoms with van der Waals surface area (Å²) in [6.07, 6.45) is -0.0152. The van der Waals surface area contributed by atoms with E-state index in [1.54, 1.807) is 24.3 Å². The lowest BCUT2D eigenvalue weighted by Gasteiger charge is -2.04. The molecule has 1 aromatic rings. The van der Waals surface area contributed by atoms with E-state index in [0.29, 0.717) is 6.42 Å². The second kappa shape index (κ2) is 3.67. The van der Waals surface area contributed by atoms with Crippen LogP contribution in [0.2, 0.25) is 0 Å². The Balaban J connectivity index is 2.03. The van der Waals surface area contributed by atoms with E-state index in [1.165, 1.54) is 0 Å². The van der Waals surface area contributed by atoms with Crippen LogP contribution in [0.4, 0.5) is 0 Å². The number of ether oxygens (including phenoxy) is 2. The van der Waals surface area contributed by atoms with Gasteiger partial charge in [-0.3, -0.25) is 0 Å². The minimum atomic E-state index is -0.500. The van der Waals surface area contributed by atoms with Crippen molar-refractivity contribution in [3.8, 4) is 5.75 Å². The topological polar surface area (TPSA) is 55.8 Å². The Hall–Kier alpha value is -1.55. The highest BCUT2D eigenvalue weighted by atomic mass is 16.7. The van der Waals surface area contributed by atoms with Crippen LogP contribution in [0, 0.1) is 0 Å². The molecule has 1 saturated heterocycles. The van der Waals surface area contributed by atoms with Crippen molar-refractivity contribution in [1.29, 1.82) is 0 Å². The number of aromatic hydroxyl groups is 1. The zero-order valence-electron chi connectivity index (χ0n) is 7.47. The summed E-state index contributed by atoms with van der Waals surface area (Å²) in [6.45, 7) is 0.0432. The summed E-state index contributed by atoms with van der Waals surface area (Å²) in [5, 5.41) is 9.05. The molecule has 0 aliphatic carbocycles. The first kappa shape index (κ1) is 9.02. The van der Waals surface area contributed by atoms with Gasteiger partial charge in [0.25, 0.3) is 0 Å². The van der Waals surface area contributed by atoms with Crippen molar-refractivity contribution in [2.75, 3.05) is 6.79 Å². The van der Waals surface area contributed by atoms with Gasteiger partial charge in [0.1, 0.15) is 5.75 Å². The van der Waals surface area contributed by atoms with Crippen molar-refractivity contribution in [3.63, 3.8) is 0 Å². The van der Waals surface area contributed by atoms with Crippen LogP contribution in [0.15, 0.2) is 24.3 Å². The Bertz CT molecular complexity index is 330. The molecule has 4 nitrogen and oxygen atoms in total. The minimum Gasteiger partial charge on any atom is -0.508 e. The fraction of sp³-hybridized carbons (Fsp3) is 0.300. The third-order valence-corrected chi connectivity index (χ3v) is 2.09. The molecule has 4 heteroatoms. The van der Waals surface area contributed by atoms with E-state index in [9.17, 15) is 4.79 Å². The van der Waals surface area contributed by atoms with Crippen molar-refractivity contribution in [2.24, 2.45) is 0 Å². The number of cyclic esters (lactones) is 1. The normalized spacial score (nSPS) is 20.9. The molecule has 1 fully saturated rings. The molecule has 1 heterocycles. The Labute approximate surface area is 81.1 Å². The van der Waals surface area contributed by atoms with Crippen LogP contribution in [-0.4, -0.2) is 24.0 Å². The third-order valence-electron chi connectivity index (χ3n) is 2.09. The number of rotatable bonds is 2. The van der Waals surface area contributed by atoms with E-state index in [-0.39, 0.29) is 18.5 Å². The van der Waals surface area contributed by atoms with Gasteiger partial charge < -0.3 is 14.6 Å². The second-order valence-electron chi connectivity index (χ2n) is 3.11. The summed E-state index contributed by atoms with van der Waals surface area (Å²) in [5.41, 5.74) is 0.937. The number of phenols is 1. The first-order chi connectivity index (χ1) is 6.75. The highest BCUT2D eigenvalue weighted by molar-refractivity contribution is 5.76. The SMILES string of the molecule is O=C1OCOC1Cc1ccc(O)cc1.